The molecule has 0 fully saturated rings. The van der Waals surface area contributed by atoms with Crippen LogP contribution in [0.3, 0.4) is 0 Å². The van der Waals surface area contributed by atoms with Gasteiger partial charge in [0.05, 0.1) is 18.5 Å². The maximum Gasteiger partial charge on any atom is 0.241 e. The van der Waals surface area contributed by atoms with Gasteiger partial charge >= 0.3 is 0 Å². The number of aromatic nitrogens is 2. The van der Waals surface area contributed by atoms with Crippen LogP contribution < -0.4 is 15.4 Å². The number of rotatable bonds is 7. The molecule has 6 heteroatoms. The molecule has 1 aromatic carbocycles. The Morgan fingerprint density at radius 2 is 2.10 bits per heavy atom. The van der Waals surface area contributed by atoms with Crippen molar-refractivity contribution in [2.24, 2.45) is 0 Å². The molecule has 0 bridgehead atoms. The lowest BCUT2D eigenvalue weighted by Gasteiger charge is -2.06. The Morgan fingerprint density at radius 1 is 1.33 bits per heavy atom. The second-order valence-corrected chi connectivity index (χ2v) is 4.53. The summed E-state index contributed by atoms with van der Waals surface area (Å²) in [5.74, 6) is 0.802. The van der Waals surface area contributed by atoms with Crippen molar-refractivity contribution in [3.8, 4) is 5.75 Å². The van der Waals surface area contributed by atoms with Gasteiger partial charge in [-0.25, -0.2) is 0 Å². The van der Waals surface area contributed by atoms with Crippen molar-refractivity contribution in [3.05, 3.63) is 42.2 Å². The van der Waals surface area contributed by atoms with Crippen molar-refractivity contribution in [2.45, 2.75) is 20.0 Å². The summed E-state index contributed by atoms with van der Waals surface area (Å²) in [6.07, 6.45) is 3.52. The zero-order valence-corrected chi connectivity index (χ0v) is 12.3. The topological polar surface area (TPSA) is 68.2 Å². The molecule has 6 nitrogen and oxygen atoms in total. The van der Waals surface area contributed by atoms with E-state index < -0.39 is 0 Å². The molecule has 1 aromatic heterocycles. The Balaban J connectivity index is 1.86. The molecule has 0 aliphatic heterocycles. The average Bonchev–Trinajstić information content (AvgIpc) is 2.94. The molecule has 2 N–H and O–H groups in total. The van der Waals surface area contributed by atoms with Gasteiger partial charge in [-0.3, -0.25) is 9.48 Å². The number of carbonyl (C=O) groups is 1. The fourth-order valence-electron chi connectivity index (χ4n) is 1.84. The van der Waals surface area contributed by atoms with Crippen LogP contribution in [-0.4, -0.2) is 29.3 Å². The van der Waals surface area contributed by atoms with Gasteiger partial charge < -0.3 is 15.4 Å². The summed E-state index contributed by atoms with van der Waals surface area (Å²) in [7, 11) is 1.61. The Kier molecular flexibility index (Phi) is 5.20. The number of nitrogens with zero attached hydrogens (tertiary/aromatic N) is 2. The van der Waals surface area contributed by atoms with Crippen LogP contribution in [0.1, 0.15) is 12.5 Å². The van der Waals surface area contributed by atoms with Crippen molar-refractivity contribution in [1.82, 2.24) is 15.1 Å². The van der Waals surface area contributed by atoms with Crippen molar-refractivity contribution in [3.63, 3.8) is 0 Å². The molecule has 2 aromatic rings. The number of carbonyl (C=O) groups excluding carboxylic acids is 1. The molecule has 0 radical (unpaired) electrons. The van der Waals surface area contributed by atoms with Crippen LogP contribution in [0.25, 0.3) is 0 Å². The van der Waals surface area contributed by atoms with E-state index in [2.05, 4.69) is 15.7 Å². The van der Waals surface area contributed by atoms with Crippen LogP contribution in [0.4, 0.5) is 5.69 Å². The van der Waals surface area contributed by atoms with Crippen molar-refractivity contribution < 1.29 is 9.53 Å². The van der Waals surface area contributed by atoms with E-state index in [1.165, 1.54) is 0 Å². The molecular weight excluding hydrogens is 268 g/mol. The van der Waals surface area contributed by atoms with Crippen LogP contribution in [0.15, 0.2) is 36.7 Å². The second-order valence-electron chi connectivity index (χ2n) is 4.53. The normalized spacial score (nSPS) is 10.2. The van der Waals surface area contributed by atoms with Gasteiger partial charge in [0.2, 0.25) is 5.91 Å². The molecule has 1 heterocycles. The van der Waals surface area contributed by atoms with E-state index in [0.717, 1.165) is 17.0 Å². The highest BCUT2D eigenvalue weighted by molar-refractivity contribution is 5.75. The molecule has 0 saturated carbocycles. The molecule has 0 aliphatic carbocycles. The fraction of sp³-hybridized carbons (Fsp3) is 0.333. The number of benzene rings is 1. The number of hydrogen-bond donors (Lipinski definition) is 2. The molecule has 0 spiro atoms. The highest BCUT2D eigenvalue weighted by Crippen LogP contribution is 2.13. The second kappa shape index (κ2) is 7.33. The van der Waals surface area contributed by atoms with Gasteiger partial charge in [-0.15, -0.1) is 0 Å². The third-order valence-corrected chi connectivity index (χ3v) is 2.95. The van der Waals surface area contributed by atoms with Crippen LogP contribution in [-0.2, 0) is 17.9 Å². The van der Waals surface area contributed by atoms with Crippen molar-refractivity contribution in [2.75, 3.05) is 19.0 Å². The highest BCUT2D eigenvalue weighted by Gasteiger charge is 2.03. The number of likely N-dealkylation sites (N-methyl/N-ethyl adjacent to an activating group) is 1. The number of anilines is 1. The summed E-state index contributed by atoms with van der Waals surface area (Å²) in [4.78, 5) is 11.3. The zero-order chi connectivity index (χ0) is 15.1. The lowest BCUT2D eigenvalue weighted by molar-refractivity contribution is -0.121. The number of hydrogen-bond acceptors (Lipinski definition) is 4. The quantitative estimate of drug-likeness (QED) is 0.812. The first kappa shape index (κ1) is 14.9. The van der Waals surface area contributed by atoms with E-state index in [4.69, 9.17) is 4.74 Å². The van der Waals surface area contributed by atoms with Crippen molar-refractivity contribution >= 4 is 11.6 Å². The fourth-order valence-corrected chi connectivity index (χ4v) is 1.84. The van der Waals surface area contributed by atoms with Crippen LogP contribution >= 0.6 is 0 Å². The number of ether oxygens (including phenoxy) is 1. The summed E-state index contributed by atoms with van der Waals surface area (Å²) in [6.45, 7) is 3.55. The predicted octanol–water partition coefficient (Wildman–Crippen LogP) is 1.64. The van der Waals surface area contributed by atoms with E-state index in [1.807, 2.05) is 37.4 Å². The summed E-state index contributed by atoms with van der Waals surface area (Å²) in [5.41, 5.74) is 2.03. The third-order valence-electron chi connectivity index (χ3n) is 2.95. The van der Waals surface area contributed by atoms with Gasteiger partial charge in [0.1, 0.15) is 12.3 Å². The van der Waals surface area contributed by atoms with Crippen LogP contribution in [0.5, 0.6) is 5.75 Å². The van der Waals surface area contributed by atoms with E-state index >= 15 is 0 Å². The van der Waals surface area contributed by atoms with E-state index in [0.29, 0.717) is 13.2 Å². The predicted molar refractivity (Wildman–Crippen MR) is 81.2 cm³/mol. The van der Waals surface area contributed by atoms with Crippen molar-refractivity contribution in [1.29, 1.82) is 0 Å². The molecule has 0 unspecified atom stereocenters. The van der Waals surface area contributed by atoms with Crippen LogP contribution in [0, 0.1) is 0 Å². The van der Waals surface area contributed by atoms with Gasteiger partial charge in [0.25, 0.3) is 0 Å². The minimum absolute atomic E-state index is 0.0730. The average molecular weight is 288 g/mol. The SMILES string of the molecule is CCOc1ccc(CNc2cnn(CC(=O)NC)c2)cc1. The minimum atomic E-state index is -0.0730. The first-order valence-corrected chi connectivity index (χ1v) is 6.90. The lowest BCUT2D eigenvalue weighted by Crippen LogP contribution is -2.23. The molecule has 21 heavy (non-hydrogen) atoms. The summed E-state index contributed by atoms with van der Waals surface area (Å²) in [6, 6.07) is 7.95. The molecule has 1 amide bonds. The largest absolute Gasteiger partial charge is 0.494 e. The monoisotopic (exact) mass is 288 g/mol. The van der Waals surface area contributed by atoms with Crippen LogP contribution in [0.2, 0.25) is 0 Å². The smallest absolute Gasteiger partial charge is 0.241 e. The first-order valence-electron chi connectivity index (χ1n) is 6.90. The maximum atomic E-state index is 11.3. The van der Waals surface area contributed by atoms with Gasteiger partial charge in [0, 0.05) is 19.8 Å². The van der Waals surface area contributed by atoms with Gasteiger partial charge in [-0.2, -0.15) is 5.10 Å². The first-order chi connectivity index (χ1) is 10.2. The molecule has 0 aliphatic rings. The van der Waals surface area contributed by atoms with Gasteiger partial charge in [-0.1, -0.05) is 12.1 Å². The third kappa shape index (κ3) is 4.52. The summed E-state index contributed by atoms with van der Waals surface area (Å²) >= 11 is 0. The number of amides is 1. The van der Waals surface area contributed by atoms with E-state index in [9.17, 15) is 4.79 Å². The van der Waals surface area contributed by atoms with E-state index in [-0.39, 0.29) is 12.5 Å². The standard InChI is InChI=1S/C15H20N4O2/c1-3-21-14-6-4-12(5-7-14)8-17-13-9-18-19(10-13)11-15(20)16-2/h4-7,9-10,17H,3,8,11H2,1-2H3,(H,16,20). The molecule has 0 atom stereocenters. The molecule has 112 valence electrons. The Morgan fingerprint density at radius 3 is 2.76 bits per heavy atom. The highest BCUT2D eigenvalue weighted by atomic mass is 16.5. The van der Waals surface area contributed by atoms with Gasteiger partial charge in [0.15, 0.2) is 0 Å². The summed E-state index contributed by atoms with van der Waals surface area (Å²) < 4.78 is 7.00. The Hall–Kier alpha value is -2.50. The minimum Gasteiger partial charge on any atom is -0.494 e. The molecule has 0 saturated heterocycles. The maximum absolute atomic E-state index is 11.3. The van der Waals surface area contributed by atoms with E-state index in [1.54, 1.807) is 17.9 Å². The lowest BCUT2D eigenvalue weighted by atomic mass is 10.2. The zero-order valence-electron chi connectivity index (χ0n) is 12.3. The number of nitrogens with one attached hydrogen (secondary N) is 2. The Labute approximate surface area is 124 Å². The molecular formula is C15H20N4O2. The summed E-state index contributed by atoms with van der Waals surface area (Å²) in [5, 5.41) is 9.96. The molecule has 2 rings (SSSR count). The van der Waals surface area contributed by atoms with Gasteiger partial charge in [-0.05, 0) is 24.6 Å². The Bertz CT molecular complexity index is 578.